The molecule has 4 heteroatoms. The second kappa shape index (κ2) is 5.35. The van der Waals surface area contributed by atoms with E-state index >= 15 is 0 Å². The molecule has 1 atom stereocenters. The first-order valence-electron chi connectivity index (χ1n) is 5.75. The Bertz CT molecular complexity index is 368. The SMILES string of the molecule is CCC1CCCN1Cc1nc(Cl)ccc1Cl. The summed E-state index contributed by atoms with van der Waals surface area (Å²) in [5, 5.41) is 1.23. The highest BCUT2D eigenvalue weighted by molar-refractivity contribution is 6.32. The Labute approximate surface area is 107 Å². The normalized spacial score (nSPS) is 21.6. The van der Waals surface area contributed by atoms with Crippen molar-refractivity contribution in [3.8, 4) is 0 Å². The van der Waals surface area contributed by atoms with Gasteiger partial charge in [0, 0.05) is 12.6 Å². The molecule has 1 saturated heterocycles. The van der Waals surface area contributed by atoms with Gasteiger partial charge < -0.3 is 0 Å². The van der Waals surface area contributed by atoms with Gasteiger partial charge in [0.25, 0.3) is 0 Å². The lowest BCUT2D eigenvalue weighted by atomic mass is 10.1. The Balaban J connectivity index is 2.11. The Morgan fingerprint density at radius 3 is 3.00 bits per heavy atom. The topological polar surface area (TPSA) is 16.1 Å². The van der Waals surface area contributed by atoms with Gasteiger partial charge >= 0.3 is 0 Å². The highest BCUT2D eigenvalue weighted by Crippen LogP contribution is 2.25. The van der Waals surface area contributed by atoms with Crippen molar-refractivity contribution in [2.45, 2.75) is 38.8 Å². The number of aromatic nitrogens is 1. The van der Waals surface area contributed by atoms with E-state index in [-0.39, 0.29) is 0 Å². The average Bonchev–Trinajstić information content (AvgIpc) is 2.71. The van der Waals surface area contributed by atoms with Crippen LogP contribution in [0.25, 0.3) is 0 Å². The van der Waals surface area contributed by atoms with E-state index < -0.39 is 0 Å². The van der Waals surface area contributed by atoms with E-state index in [2.05, 4.69) is 16.8 Å². The zero-order valence-corrected chi connectivity index (χ0v) is 10.9. The molecule has 1 unspecified atom stereocenters. The molecule has 0 aliphatic carbocycles. The van der Waals surface area contributed by atoms with Gasteiger partial charge in [-0.3, -0.25) is 4.90 Å². The summed E-state index contributed by atoms with van der Waals surface area (Å²) < 4.78 is 0. The van der Waals surface area contributed by atoms with Crippen LogP contribution in [0, 0.1) is 0 Å². The van der Waals surface area contributed by atoms with E-state index in [0.29, 0.717) is 16.2 Å². The predicted octanol–water partition coefficient (Wildman–Crippen LogP) is 3.76. The summed E-state index contributed by atoms with van der Waals surface area (Å²) in [7, 11) is 0. The molecule has 0 aromatic carbocycles. The molecule has 0 bridgehead atoms. The predicted molar refractivity (Wildman–Crippen MR) is 68.0 cm³/mol. The highest BCUT2D eigenvalue weighted by atomic mass is 35.5. The molecule has 2 nitrogen and oxygen atoms in total. The van der Waals surface area contributed by atoms with Crippen LogP contribution in [0.5, 0.6) is 0 Å². The van der Waals surface area contributed by atoms with Gasteiger partial charge in [0.2, 0.25) is 0 Å². The van der Waals surface area contributed by atoms with Crippen molar-refractivity contribution < 1.29 is 0 Å². The molecular weight excluding hydrogens is 243 g/mol. The maximum Gasteiger partial charge on any atom is 0.129 e. The van der Waals surface area contributed by atoms with Crippen molar-refractivity contribution in [3.63, 3.8) is 0 Å². The van der Waals surface area contributed by atoms with Crippen LogP contribution in [-0.2, 0) is 6.54 Å². The molecule has 1 aromatic heterocycles. The fraction of sp³-hybridized carbons (Fsp3) is 0.583. The van der Waals surface area contributed by atoms with Crippen LogP contribution in [0.4, 0.5) is 0 Å². The molecule has 0 N–H and O–H groups in total. The molecule has 16 heavy (non-hydrogen) atoms. The molecule has 1 fully saturated rings. The number of hydrogen-bond donors (Lipinski definition) is 0. The number of nitrogens with zero attached hydrogens (tertiary/aromatic N) is 2. The van der Waals surface area contributed by atoms with Crippen LogP contribution in [0.3, 0.4) is 0 Å². The van der Waals surface area contributed by atoms with Gasteiger partial charge in [-0.05, 0) is 37.9 Å². The minimum Gasteiger partial charge on any atom is -0.295 e. The van der Waals surface area contributed by atoms with Crippen molar-refractivity contribution in [1.29, 1.82) is 0 Å². The van der Waals surface area contributed by atoms with Crippen LogP contribution < -0.4 is 0 Å². The molecule has 88 valence electrons. The number of halogens is 2. The van der Waals surface area contributed by atoms with Gasteiger partial charge in [-0.25, -0.2) is 4.98 Å². The average molecular weight is 259 g/mol. The lowest BCUT2D eigenvalue weighted by Crippen LogP contribution is -2.28. The molecule has 0 saturated carbocycles. The summed E-state index contributed by atoms with van der Waals surface area (Å²) in [6.45, 7) is 4.19. The Kier molecular flexibility index (Phi) is 4.06. The quantitative estimate of drug-likeness (QED) is 0.768. The minimum atomic E-state index is 0.520. The smallest absolute Gasteiger partial charge is 0.129 e. The number of rotatable bonds is 3. The lowest BCUT2D eigenvalue weighted by Gasteiger charge is -2.23. The first kappa shape index (κ1) is 12.2. The van der Waals surface area contributed by atoms with Gasteiger partial charge in [-0.15, -0.1) is 0 Å². The third-order valence-corrected chi connectivity index (χ3v) is 3.76. The molecule has 0 radical (unpaired) electrons. The van der Waals surface area contributed by atoms with E-state index in [1.165, 1.54) is 19.3 Å². The monoisotopic (exact) mass is 258 g/mol. The van der Waals surface area contributed by atoms with Gasteiger partial charge in [-0.2, -0.15) is 0 Å². The second-order valence-electron chi connectivity index (χ2n) is 4.24. The zero-order chi connectivity index (χ0) is 11.5. The second-order valence-corrected chi connectivity index (χ2v) is 5.03. The van der Waals surface area contributed by atoms with Crippen molar-refractivity contribution in [3.05, 3.63) is 28.0 Å². The fourth-order valence-electron chi connectivity index (χ4n) is 2.33. The van der Waals surface area contributed by atoms with Crippen LogP contribution >= 0.6 is 23.2 Å². The van der Waals surface area contributed by atoms with Crippen molar-refractivity contribution >= 4 is 23.2 Å². The lowest BCUT2D eigenvalue weighted by molar-refractivity contribution is 0.237. The molecule has 1 aliphatic rings. The van der Waals surface area contributed by atoms with Crippen LogP contribution in [0.1, 0.15) is 31.9 Å². The largest absolute Gasteiger partial charge is 0.295 e. The van der Waals surface area contributed by atoms with Gasteiger partial charge in [-0.1, -0.05) is 30.1 Å². The molecule has 2 heterocycles. The first-order chi connectivity index (χ1) is 7.70. The summed E-state index contributed by atoms with van der Waals surface area (Å²) in [6, 6.07) is 4.23. The van der Waals surface area contributed by atoms with Crippen LogP contribution in [0.2, 0.25) is 10.2 Å². The molecule has 0 spiro atoms. The first-order valence-corrected chi connectivity index (χ1v) is 6.51. The van der Waals surface area contributed by atoms with Gasteiger partial charge in [0.15, 0.2) is 0 Å². The summed E-state index contributed by atoms with van der Waals surface area (Å²) in [5.41, 5.74) is 0.898. The van der Waals surface area contributed by atoms with Crippen molar-refractivity contribution in [2.24, 2.45) is 0 Å². The summed E-state index contributed by atoms with van der Waals surface area (Å²) in [4.78, 5) is 6.75. The Hall–Kier alpha value is -0.310. The van der Waals surface area contributed by atoms with Crippen molar-refractivity contribution in [2.75, 3.05) is 6.54 Å². The number of hydrogen-bond acceptors (Lipinski definition) is 2. The van der Waals surface area contributed by atoms with Gasteiger partial charge in [0.05, 0.1) is 10.7 Å². The summed E-state index contributed by atoms with van der Waals surface area (Å²) >= 11 is 12.0. The minimum absolute atomic E-state index is 0.520. The Morgan fingerprint density at radius 1 is 1.44 bits per heavy atom. The zero-order valence-electron chi connectivity index (χ0n) is 9.42. The molecule has 1 aromatic rings. The molecule has 1 aliphatic heterocycles. The number of pyridine rings is 1. The van der Waals surface area contributed by atoms with Crippen LogP contribution in [-0.4, -0.2) is 22.5 Å². The van der Waals surface area contributed by atoms with E-state index in [1.807, 2.05) is 6.07 Å². The van der Waals surface area contributed by atoms with E-state index in [1.54, 1.807) is 6.07 Å². The summed E-state index contributed by atoms with van der Waals surface area (Å²) in [6.07, 6.45) is 3.75. The fourth-order valence-corrected chi connectivity index (χ4v) is 2.66. The van der Waals surface area contributed by atoms with Crippen LogP contribution in [0.15, 0.2) is 12.1 Å². The van der Waals surface area contributed by atoms with Crippen molar-refractivity contribution in [1.82, 2.24) is 9.88 Å². The molecule has 2 rings (SSSR count). The molecule has 0 amide bonds. The summed E-state index contributed by atoms with van der Waals surface area (Å²) in [5.74, 6) is 0. The maximum absolute atomic E-state index is 6.12. The van der Waals surface area contributed by atoms with Gasteiger partial charge in [0.1, 0.15) is 5.15 Å². The Morgan fingerprint density at radius 2 is 2.25 bits per heavy atom. The third kappa shape index (κ3) is 2.68. The number of likely N-dealkylation sites (tertiary alicyclic amines) is 1. The standard InChI is InChI=1S/C12H16Cl2N2/c1-2-9-4-3-7-16(9)8-11-10(13)5-6-12(14)15-11/h5-6,9H,2-4,7-8H2,1H3. The highest BCUT2D eigenvalue weighted by Gasteiger charge is 2.23. The van der Waals surface area contributed by atoms with E-state index in [9.17, 15) is 0 Å². The third-order valence-electron chi connectivity index (χ3n) is 3.21. The molecular formula is C12H16Cl2N2. The maximum atomic E-state index is 6.12. The van der Waals surface area contributed by atoms with E-state index in [0.717, 1.165) is 18.8 Å². The van der Waals surface area contributed by atoms with E-state index in [4.69, 9.17) is 23.2 Å².